The van der Waals surface area contributed by atoms with Crippen molar-refractivity contribution in [1.82, 2.24) is 15.2 Å². The Morgan fingerprint density at radius 2 is 2.12 bits per heavy atom. The average molecular weight is 324 g/mol. The van der Waals surface area contributed by atoms with Gasteiger partial charge in [0, 0.05) is 37.9 Å². The summed E-state index contributed by atoms with van der Waals surface area (Å²) in [6, 6.07) is 12.2. The average Bonchev–Trinajstić information content (AvgIpc) is 2.67. The van der Waals surface area contributed by atoms with Gasteiger partial charge in [-0.05, 0) is 29.7 Å². The topological polar surface area (TPSA) is 71.2 Å². The number of hydrogen-bond donors (Lipinski definition) is 2. The van der Waals surface area contributed by atoms with Crippen LogP contribution >= 0.6 is 0 Å². The molecule has 1 amide bonds. The first-order valence-electron chi connectivity index (χ1n) is 8.48. The van der Waals surface area contributed by atoms with Crippen LogP contribution in [0.15, 0.2) is 42.6 Å². The van der Waals surface area contributed by atoms with E-state index in [4.69, 9.17) is 5.73 Å². The molecular weight excluding hydrogens is 300 g/mol. The standard InChI is InChI=1S/C19H24N4O/c1-2-14-3-5-15(6-4-14)18-13-21-9-10-23(18)19(24)16-7-8-22-17(11-16)12-20/h3-8,11,18,21H,2,9-10,12-13,20H2,1H3. The zero-order chi connectivity index (χ0) is 16.9. The van der Waals surface area contributed by atoms with E-state index in [0.717, 1.165) is 25.2 Å². The summed E-state index contributed by atoms with van der Waals surface area (Å²) in [4.78, 5) is 19.1. The summed E-state index contributed by atoms with van der Waals surface area (Å²) in [5, 5.41) is 3.39. The summed E-state index contributed by atoms with van der Waals surface area (Å²) < 4.78 is 0. The fourth-order valence-corrected chi connectivity index (χ4v) is 3.11. The highest BCUT2D eigenvalue weighted by molar-refractivity contribution is 5.94. The molecule has 5 nitrogen and oxygen atoms in total. The molecule has 1 aromatic carbocycles. The van der Waals surface area contributed by atoms with Gasteiger partial charge >= 0.3 is 0 Å². The fraction of sp³-hybridized carbons (Fsp3) is 0.368. The molecule has 1 aromatic heterocycles. The smallest absolute Gasteiger partial charge is 0.254 e. The van der Waals surface area contributed by atoms with E-state index < -0.39 is 0 Å². The predicted molar refractivity (Wildman–Crippen MR) is 94.6 cm³/mol. The second kappa shape index (κ2) is 7.55. The Hall–Kier alpha value is -2.24. The van der Waals surface area contributed by atoms with E-state index in [9.17, 15) is 4.79 Å². The van der Waals surface area contributed by atoms with Gasteiger partial charge in [-0.25, -0.2) is 0 Å². The summed E-state index contributed by atoms with van der Waals surface area (Å²) in [6.45, 7) is 4.76. The number of hydrogen-bond acceptors (Lipinski definition) is 4. The molecule has 1 aliphatic rings. The lowest BCUT2D eigenvalue weighted by atomic mass is 10.00. The summed E-state index contributed by atoms with van der Waals surface area (Å²) >= 11 is 0. The normalized spacial score (nSPS) is 17.8. The van der Waals surface area contributed by atoms with Gasteiger partial charge in [0.25, 0.3) is 5.91 Å². The number of carbonyl (C=O) groups excluding carboxylic acids is 1. The molecule has 3 rings (SSSR count). The number of nitrogens with one attached hydrogen (secondary N) is 1. The molecule has 1 saturated heterocycles. The summed E-state index contributed by atoms with van der Waals surface area (Å²) in [6.07, 6.45) is 2.67. The number of nitrogens with two attached hydrogens (primary N) is 1. The molecule has 1 unspecified atom stereocenters. The third kappa shape index (κ3) is 3.47. The zero-order valence-corrected chi connectivity index (χ0v) is 14.0. The molecule has 126 valence electrons. The van der Waals surface area contributed by atoms with Gasteiger partial charge in [0.1, 0.15) is 0 Å². The second-order valence-corrected chi connectivity index (χ2v) is 6.05. The van der Waals surface area contributed by atoms with Gasteiger partial charge in [-0.15, -0.1) is 0 Å². The van der Waals surface area contributed by atoms with Crippen LogP contribution in [-0.2, 0) is 13.0 Å². The lowest BCUT2D eigenvalue weighted by molar-refractivity contribution is 0.0634. The first kappa shape index (κ1) is 16.6. The first-order valence-corrected chi connectivity index (χ1v) is 8.48. The fourth-order valence-electron chi connectivity index (χ4n) is 3.11. The number of rotatable bonds is 4. The van der Waals surface area contributed by atoms with Crippen LogP contribution in [0.5, 0.6) is 0 Å². The Bertz CT molecular complexity index is 699. The number of benzene rings is 1. The second-order valence-electron chi connectivity index (χ2n) is 6.05. The molecule has 0 bridgehead atoms. The van der Waals surface area contributed by atoms with Crippen LogP contribution in [-0.4, -0.2) is 35.4 Å². The van der Waals surface area contributed by atoms with Crippen molar-refractivity contribution in [3.63, 3.8) is 0 Å². The Kier molecular flexibility index (Phi) is 5.23. The molecule has 2 heterocycles. The van der Waals surface area contributed by atoms with Crippen molar-refractivity contribution in [2.45, 2.75) is 25.9 Å². The van der Waals surface area contributed by atoms with E-state index in [1.807, 2.05) is 4.90 Å². The van der Waals surface area contributed by atoms with Gasteiger partial charge in [0.2, 0.25) is 0 Å². The Morgan fingerprint density at radius 1 is 1.33 bits per heavy atom. The van der Waals surface area contributed by atoms with Crippen LogP contribution in [0.25, 0.3) is 0 Å². The first-order chi connectivity index (χ1) is 11.7. The summed E-state index contributed by atoms with van der Waals surface area (Å²) in [7, 11) is 0. The van der Waals surface area contributed by atoms with Gasteiger partial charge in [0.15, 0.2) is 0 Å². The molecule has 1 fully saturated rings. The highest BCUT2D eigenvalue weighted by Crippen LogP contribution is 2.24. The van der Waals surface area contributed by atoms with Gasteiger partial charge in [-0.1, -0.05) is 31.2 Å². The zero-order valence-electron chi connectivity index (χ0n) is 14.0. The lowest BCUT2D eigenvalue weighted by Crippen LogP contribution is -2.48. The van der Waals surface area contributed by atoms with Crippen LogP contribution in [0.3, 0.4) is 0 Å². The van der Waals surface area contributed by atoms with E-state index in [1.54, 1.807) is 18.3 Å². The van der Waals surface area contributed by atoms with E-state index >= 15 is 0 Å². The van der Waals surface area contributed by atoms with Crippen LogP contribution in [0.4, 0.5) is 0 Å². The molecule has 1 atom stereocenters. The van der Waals surface area contributed by atoms with Crippen molar-refractivity contribution < 1.29 is 4.79 Å². The monoisotopic (exact) mass is 324 g/mol. The van der Waals surface area contributed by atoms with Crippen molar-refractivity contribution >= 4 is 5.91 Å². The van der Waals surface area contributed by atoms with Gasteiger partial charge in [-0.3, -0.25) is 9.78 Å². The summed E-state index contributed by atoms with van der Waals surface area (Å²) in [5.41, 5.74) is 9.51. The highest BCUT2D eigenvalue weighted by atomic mass is 16.2. The van der Waals surface area contributed by atoms with Crippen molar-refractivity contribution in [2.75, 3.05) is 19.6 Å². The number of aromatic nitrogens is 1. The van der Waals surface area contributed by atoms with Crippen LogP contribution in [0.2, 0.25) is 0 Å². The van der Waals surface area contributed by atoms with Crippen LogP contribution in [0.1, 0.15) is 40.1 Å². The lowest BCUT2D eigenvalue weighted by Gasteiger charge is -2.36. The number of aryl methyl sites for hydroxylation is 1. The van der Waals surface area contributed by atoms with Crippen molar-refractivity contribution in [3.05, 3.63) is 65.0 Å². The highest BCUT2D eigenvalue weighted by Gasteiger charge is 2.28. The minimum Gasteiger partial charge on any atom is -0.329 e. The SMILES string of the molecule is CCc1ccc(C2CNCCN2C(=O)c2ccnc(CN)c2)cc1. The molecule has 1 aliphatic heterocycles. The van der Waals surface area contributed by atoms with Crippen molar-refractivity contribution in [2.24, 2.45) is 5.73 Å². The third-order valence-electron chi connectivity index (χ3n) is 4.55. The Balaban J connectivity index is 1.86. The molecule has 0 radical (unpaired) electrons. The third-order valence-corrected chi connectivity index (χ3v) is 4.55. The maximum Gasteiger partial charge on any atom is 0.254 e. The molecular formula is C19H24N4O. The predicted octanol–water partition coefficient (Wildman–Crippen LogP) is 1.89. The van der Waals surface area contributed by atoms with Gasteiger partial charge in [-0.2, -0.15) is 0 Å². The number of nitrogens with zero attached hydrogens (tertiary/aromatic N) is 2. The van der Waals surface area contributed by atoms with E-state index in [0.29, 0.717) is 18.7 Å². The maximum atomic E-state index is 13.0. The largest absolute Gasteiger partial charge is 0.329 e. The number of carbonyl (C=O) groups is 1. The number of piperazine rings is 1. The number of pyridine rings is 1. The van der Waals surface area contributed by atoms with Gasteiger partial charge in [0.05, 0.1) is 11.7 Å². The summed E-state index contributed by atoms with van der Waals surface area (Å²) in [5.74, 6) is 0.0400. The molecule has 0 aliphatic carbocycles. The molecule has 5 heteroatoms. The molecule has 2 aromatic rings. The Labute approximate surface area is 142 Å². The maximum absolute atomic E-state index is 13.0. The van der Waals surface area contributed by atoms with E-state index in [-0.39, 0.29) is 11.9 Å². The molecule has 3 N–H and O–H groups in total. The minimum absolute atomic E-state index is 0.0400. The molecule has 0 saturated carbocycles. The van der Waals surface area contributed by atoms with Crippen LogP contribution in [0, 0.1) is 0 Å². The Morgan fingerprint density at radius 3 is 2.83 bits per heavy atom. The van der Waals surface area contributed by atoms with Gasteiger partial charge < -0.3 is 16.0 Å². The van der Waals surface area contributed by atoms with E-state index in [2.05, 4.69) is 41.5 Å². The van der Waals surface area contributed by atoms with Crippen molar-refractivity contribution in [3.8, 4) is 0 Å². The molecule has 0 spiro atoms. The minimum atomic E-state index is 0.0400. The molecule has 24 heavy (non-hydrogen) atoms. The van der Waals surface area contributed by atoms with Crippen molar-refractivity contribution in [1.29, 1.82) is 0 Å². The number of amides is 1. The van der Waals surface area contributed by atoms with Crippen LogP contribution < -0.4 is 11.1 Å². The van der Waals surface area contributed by atoms with E-state index in [1.165, 1.54) is 11.1 Å². The quantitative estimate of drug-likeness (QED) is 0.901.